The fourth-order valence-electron chi connectivity index (χ4n) is 3.11. The molecule has 0 aliphatic carbocycles. The van der Waals surface area contributed by atoms with Crippen LogP contribution in [0.15, 0.2) is 72.4 Å². The molecule has 0 saturated carbocycles. The molecule has 0 saturated heterocycles. The van der Waals surface area contributed by atoms with Crippen molar-refractivity contribution in [3.63, 3.8) is 0 Å². The highest BCUT2D eigenvalue weighted by Gasteiger charge is 2.11. The first kappa shape index (κ1) is 20.8. The van der Waals surface area contributed by atoms with E-state index in [0.717, 1.165) is 33.7 Å². The summed E-state index contributed by atoms with van der Waals surface area (Å²) in [5.41, 5.74) is 4.53. The molecule has 2 aromatic carbocycles. The molecule has 0 aliphatic heterocycles. The molecular weight excluding hydrogens is 374 g/mol. The maximum absolute atomic E-state index is 12.4. The van der Waals surface area contributed by atoms with E-state index in [4.69, 9.17) is 4.74 Å². The molecule has 0 fully saturated rings. The van der Waals surface area contributed by atoms with Gasteiger partial charge in [-0.3, -0.25) is 9.78 Å². The van der Waals surface area contributed by atoms with Crippen LogP contribution in [0.25, 0.3) is 6.08 Å². The normalized spacial score (nSPS) is 10.9. The summed E-state index contributed by atoms with van der Waals surface area (Å²) in [6.45, 7) is 4.64. The van der Waals surface area contributed by atoms with E-state index < -0.39 is 5.91 Å². The largest absolute Gasteiger partial charge is 0.487 e. The van der Waals surface area contributed by atoms with Gasteiger partial charge in [0, 0.05) is 12.7 Å². The number of rotatable bonds is 7. The number of nitrogens with zero attached hydrogens (tertiary/aromatic N) is 2. The number of carbonyl (C=O) groups is 1. The molecule has 0 bridgehead atoms. The zero-order chi connectivity index (χ0) is 21.3. The minimum Gasteiger partial charge on any atom is -0.487 e. The van der Waals surface area contributed by atoms with E-state index in [0.29, 0.717) is 13.2 Å². The zero-order valence-electron chi connectivity index (χ0n) is 17.1. The van der Waals surface area contributed by atoms with Crippen LogP contribution in [0.1, 0.15) is 27.9 Å². The Hall–Kier alpha value is -3.91. The molecule has 1 N–H and O–H groups in total. The predicted molar refractivity (Wildman–Crippen MR) is 116 cm³/mol. The van der Waals surface area contributed by atoms with Crippen LogP contribution < -0.4 is 10.1 Å². The molecule has 3 rings (SSSR count). The number of amides is 1. The molecule has 30 heavy (non-hydrogen) atoms. The van der Waals surface area contributed by atoms with Crippen molar-refractivity contribution in [2.75, 3.05) is 0 Å². The molecule has 5 nitrogen and oxygen atoms in total. The van der Waals surface area contributed by atoms with Crippen molar-refractivity contribution < 1.29 is 9.53 Å². The molecule has 1 amide bonds. The molecule has 0 atom stereocenters. The number of hydrogen-bond acceptors (Lipinski definition) is 4. The van der Waals surface area contributed by atoms with Crippen LogP contribution in [0, 0.1) is 25.2 Å². The predicted octanol–water partition coefficient (Wildman–Crippen LogP) is 4.50. The molecular formula is C25H23N3O2. The number of nitrogens with one attached hydrogen (secondary N) is 1. The van der Waals surface area contributed by atoms with Crippen molar-refractivity contribution in [1.82, 2.24) is 10.3 Å². The summed E-state index contributed by atoms with van der Waals surface area (Å²) in [6, 6.07) is 21.1. The highest BCUT2D eigenvalue weighted by molar-refractivity contribution is 6.01. The molecule has 0 unspecified atom stereocenters. The fraction of sp³-hybridized carbons (Fsp3) is 0.160. The van der Waals surface area contributed by atoms with E-state index in [1.54, 1.807) is 12.3 Å². The zero-order valence-corrected chi connectivity index (χ0v) is 17.1. The molecule has 1 aromatic heterocycles. The monoisotopic (exact) mass is 397 g/mol. The quantitative estimate of drug-likeness (QED) is 0.470. The van der Waals surface area contributed by atoms with Crippen LogP contribution >= 0.6 is 0 Å². The van der Waals surface area contributed by atoms with Gasteiger partial charge in [0.2, 0.25) is 0 Å². The number of ether oxygens (including phenoxy) is 1. The molecule has 1 heterocycles. The van der Waals surface area contributed by atoms with Crippen molar-refractivity contribution in [2.24, 2.45) is 0 Å². The van der Waals surface area contributed by atoms with E-state index in [1.807, 2.05) is 80.6 Å². The van der Waals surface area contributed by atoms with E-state index in [2.05, 4.69) is 10.3 Å². The number of hydrogen-bond donors (Lipinski definition) is 1. The summed E-state index contributed by atoms with van der Waals surface area (Å²) in [7, 11) is 0. The van der Waals surface area contributed by atoms with Gasteiger partial charge in [0.05, 0.1) is 5.69 Å². The van der Waals surface area contributed by atoms with Gasteiger partial charge in [-0.25, -0.2) is 0 Å². The minimum atomic E-state index is -0.396. The third kappa shape index (κ3) is 5.55. The van der Waals surface area contributed by atoms with E-state index in [1.165, 1.54) is 0 Å². The van der Waals surface area contributed by atoms with Crippen molar-refractivity contribution in [3.8, 4) is 11.8 Å². The lowest BCUT2D eigenvalue weighted by Crippen LogP contribution is -2.23. The standard InChI is InChI=1S/C25H23N3O2/c1-18-12-21(13-19(2)24(18)30-17-23-10-6-7-11-27-23)14-22(15-26)25(29)28-16-20-8-4-3-5-9-20/h3-14H,16-17H2,1-2H3,(H,28,29)/b22-14+. The van der Waals surface area contributed by atoms with Crippen LogP contribution in [0.4, 0.5) is 0 Å². The molecule has 5 heteroatoms. The smallest absolute Gasteiger partial charge is 0.262 e. The first-order valence-electron chi connectivity index (χ1n) is 9.64. The number of aryl methyl sites for hydroxylation is 2. The van der Waals surface area contributed by atoms with Gasteiger partial charge >= 0.3 is 0 Å². The number of carbonyl (C=O) groups excluding carboxylic acids is 1. The molecule has 0 aliphatic rings. The van der Waals surface area contributed by atoms with Gasteiger partial charge in [-0.15, -0.1) is 0 Å². The second kappa shape index (κ2) is 10.0. The summed E-state index contributed by atoms with van der Waals surface area (Å²) in [4.78, 5) is 16.7. The third-order valence-electron chi connectivity index (χ3n) is 4.55. The first-order valence-corrected chi connectivity index (χ1v) is 9.64. The fourth-order valence-corrected chi connectivity index (χ4v) is 3.11. The van der Waals surface area contributed by atoms with Crippen LogP contribution in [0.5, 0.6) is 5.75 Å². The van der Waals surface area contributed by atoms with Crippen LogP contribution in [0.2, 0.25) is 0 Å². The highest BCUT2D eigenvalue weighted by atomic mass is 16.5. The van der Waals surface area contributed by atoms with Crippen molar-refractivity contribution >= 4 is 12.0 Å². The van der Waals surface area contributed by atoms with Gasteiger partial charge in [-0.05, 0) is 66.4 Å². The SMILES string of the molecule is Cc1cc(/C=C(\C#N)C(=O)NCc2ccccc2)cc(C)c1OCc1ccccn1. The van der Waals surface area contributed by atoms with Gasteiger partial charge in [-0.2, -0.15) is 5.26 Å². The second-order valence-electron chi connectivity index (χ2n) is 6.93. The Kier molecular flexibility index (Phi) is 6.96. The Labute approximate surface area is 176 Å². The topological polar surface area (TPSA) is 75.0 Å². The summed E-state index contributed by atoms with van der Waals surface area (Å²) in [5.74, 6) is 0.386. The van der Waals surface area contributed by atoms with Gasteiger partial charge in [0.15, 0.2) is 0 Å². The summed E-state index contributed by atoms with van der Waals surface area (Å²) in [6.07, 6.45) is 3.33. The van der Waals surface area contributed by atoms with Gasteiger partial charge in [-0.1, -0.05) is 36.4 Å². The van der Waals surface area contributed by atoms with Gasteiger partial charge in [0.1, 0.15) is 24.0 Å². The highest BCUT2D eigenvalue weighted by Crippen LogP contribution is 2.26. The molecule has 150 valence electrons. The Morgan fingerprint density at radius 2 is 1.80 bits per heavy atom. The lowest BCUT2D eigenvalue weighted by molar-refractivity contribution is -0.117. The second-order valence-corrected chi connectivity index (χ2v) is 6.93. The Balaban J connectivity index is 1.71. The van der Waals surface area contributed by atoms with Gasteiger partial charge in [0.25, 0.3) is 5.91 Å². The lowest BCUT2D eigenvalue weighted by Gasteiger charge is -2.13. The maximum atomic E-state index is 12.4. The Morgan fingerprint density at radius 1 is 1.10 bits per heavy atom. The first-order chi connectivity index (χ1) is 14.6. The summed E-state index contributed by atoms with van der Waals surface area (Å²) < 4.78 is 5.95. The maximum Gasteiger partial charge on any atom is 0.262 e. The minimum absolute atomic E-state index is 0.0619. The summed E-state index contributed by atoms with van der Waals surface area (Å²) in [5, 5.41) is 12.2. The number of nitriles is 1. The van der Waals surface area contributed by atoms with Gasteiger partial charge < -0.3 is 10.1 Å². The van der Waals surface area contributed by atoms with Crippen molar-refractivity contribution in [1.29, 1.82) is 5.26 Å². The number of pyridine rings is 1. The van der Waals surface area contributed by atoms with E-state index >= 15 is 0 Å². The summed E-state index contributed by atoms with van der Waals surface area (Å²) >= 11 is 0. The average molecular weight is 397 g/mol. The molecule has 3 aromatic rings. The van der Waals surface area contributed by atoms with Crippen molar-refractivity contribution in [2.45, 2.75) is 27.0 Å². The Morgan fingerprint density at radius 3 is 2.43 bits per heavy atom. The average Bonchev–Trinajstić information content (AvgIpc) is 2.76. The van der Waals surface area contributed by atoms with Crippen LogP contribution in [-0.2, 0) is 17.9 Å². The third-order valence-corrected chi connectivity index (χ3v) is 4.55. The lowest BCUT2D eigenvalue weighted by atomic mass is 10.0. The van der Waals surface area contributed by atoms with Crippen LogP contribution in [0.3, 0.4) is 0 Å². The molecule has 0 radical (unpaired) electrons. The van der Waals surface area contributed by atoms with Crippen LogP contribution in [-0.4, -0.2) is 10.9 Å². The van der Waals surface area contributed by atoms with E-state index in [-0.39, 0.29) is 5.57 Å². The number of aromatic nitrogens is 1. The molecule has 0 spiro atoms. The van der Waals surface area contributed by atoms with E-state index in [9.17, 15) is 10.1 Å². The van der Waals surface area contributed by atoms with Crippen molar-refractivity contribution in [3.05, 3.63) is 100 Å². The Bertz CT molecular complexity index is 1060. The number of benzene rings is 2.